The fourth-order valence-corrected chi connectivity index (χ4v) is 4.46. The van der Waals surface area contributed by atoms with E-state index in [0.29, 0.717) is 10.7 Å². The summed E-state index contributed by atoms with van der Waals surface area (Å²) in [5, 5.41) is 9.98. The molecule has 2 N–H and O–H groups in total. The van der Waals surface area contributed by atoms with Crippen molar-refractivity contribution in [1.82, 2.24) is 14.1 Å². The standard InChI is InChI=1S/C26H30ClN5O4/c1-17(23(33)34)18(2)32-25(35)29-24(31(26(32)36)16-19-6-8-20(27)9-7-19)28-21-10-12-22(13-11-21)30-14-4-3-5-15-30/h6-13,17-18H,3-5,14-16H2,1-2H3,(H,33,34)(H,28,29,35)/t17-,18+/m0/s1. The third kappa shape index (κ3) is 5.62. The zero-order chi connectivity index (χ0) is 25.8. The molecule has 0 amide bonds. The van der Waals surface area contributed by atoms with E-state index < -0.39 is 29.3 Å². The maximum Gasteiger partial charge on any atom is 0.335 e. The van der Waals surface area contributed by atoms with Crippen LogP contribution < -0.4 is 21.9 Å². The van der Waals surface area contributed by atoms with Gasteiger partial charge in [-0.1, -0.05) is 23.7 Å². The number of H-pyrrole nitrogens is 1. The number of nitrogens with zero attached hydrogens (tertiary/aromatic N) is 4. The van der Waals surface area contributed by atoms with E-state index in [4.69, 9.17) is 11.6 Å². The summed E-state index contributed by atoms with van der Waals surface area (Å²) in [6.45, 7) is 5.17. The molecule has 0 bridgehead atoms. The van der Waals surface area contributed by atoms with Crippen LogP contribution in [0.4, 0.5) is 11.4 Å². The summed E-state index contributed by atoms with van der Waals surface area (Å²) < 4.78 is 2.28. The average molecular weight is 512 g/mol. The molecule has 0 saturated carbocycles. The number of hydrogen-bond donors (Lipinski definition) is 2. The lowest BCUT2D eigenvalue weighted by molar-refractivity contribution is -0.142. The average Bonchev–Trinajstić information content (AvgIpc) is 2.87. The summed E-state index contributed by atoms with van der Waals surface area (Å²) in [5.41, 5.74) is 1.20. The maximum atomic E-state index is 13.5. The minimum absolute atomic E-state index is 0.0806. The molecular formula is C26H30ClN5O4. The summed E-state index contributed by atoms with van der Waals surface area (Å²) in [6, 6.07) is 13.8. The highest BCUT2D eigenvalue weighted by atomic mass is 35.5. The molecule has 0 radical (unpaired) electrons. The number of benzene rings is 2. The molecule has 0 spiro atoms. The van der Waals surface area contributed by atoms with Crippen molar-refractivity contribution >= 4 is 28.9 Å². The van der Waals surface area contributed by atoms with Crippen LogP contribution in [0.5, 0.6) is 0 Å². The second-order valence-corrected chi connectivity index (χ2v) is 9.60. The van der Waals surface area contributed by atoms with Gasteiger partial charge in [0.2, 0.25) is 5.62 Å². The number of anilines is 1. The Hall–Kier alpha value is -3.59. The Labute approximate surface area is 213 Å². The van der Waals surface area contributed by atoms with E-state index in [-0.39, 0.29) is 12.2 Å². The smallest absolute Gasteiger partial charge is 0.335 e. The normalized spacial score (nSPS) is 16.1. The van der Waals surface area contributed by atoms with Crippen molar-refractivity contribution in [2.24, 2.45) is 10.9 Å². The van der Waals surface area contributed by atoms with Gasteiger partial charge in [-0.3, -0.25) is 14.3 Å². The topological polar surface area (TPSA) is 113 Å². The molecule has 2 aromatic carbocycles. The van der Waals surface area contributed by atoms with Crippen molar-refractivity contribution < 1.29 is 9.90 Å². The van der Waals surface area contributed by atoms with Gasteiger partial charge in [0.05, 0.1) is 24.2 Å². The number of aromatic amines is 1. The summed E-state index contributed by atoms with van der Waals surface area (Å²) in [5.74, 6) is -2.04. The molecule has 10 heteroatoms. The first-order chi connectivity index (χ1) is 17.2. The largest absolute Gasteiger partial charge is 0.481 e. The first-order valence-electron chi connectivity index (χ1n) is 12.1. The van der Waals surface area contributed by atoms with E-state index >= 15 is 0 Å². The van der Waals surface area contributed by atoms with Crippen LogP contribution in [0.25, 0.3) is 0 Å². The number of hydrogen-bond acceptors (Lipinski definition) is 5. The van der Waals surface area contributed by atoms with Crippen LogP contribution in [-0.4, -0.2) is 38.3 Å². The minimum Gasteiger partial charge on any atom is -0.481 e. The molecule has 2 atom stereocenters. The van der Waals surface area contributed by atoms with Crippen molar-refractivity contribution in [3.8, 4) is 0 Å². The van der Waals surface area contributed by atoms with E-state index in [0.717, 1.165) is 28.9 Å². The first kappa shape index (κ1) is 25.5. The van der Waals surface area contributed by atoms with Crippen LogP contribution in [0.2, 0.25) is 5.02 Å². The number of rotatable bonds is 7. The van der Waals surface area contributed by atoms with Gasteiger partial charge in [-0.05, 0) is 75.1 Å². The zero-order valence-electron chi connectivity index (χ0n) is 20.4. The molecule has 190 valence electrons. The highest BCUT2D eigenvalue weighted by Crippen LogP contribution is 2.22. The van der Waals surface area contributed by atoms with Gasteiger partial charge in [-0.25, -0.2) is 19.1 Å². The molecule has 3 aromatic rings. The molecule has 1 aliphatic heterocycles. The molecule has 2 heterocycles. The van der Waals surface area contributed by atoms with Crippen LogP contribution in [0.15, 0.2) is 63.1 Å². The lowest BCUT2D eigenvalue weighted by atomic mass is 10.0. The van der Waals surface area contributed by atoms with Crippen LogP contribution in [0, 0.1) is 5.92 Å². The second-order valence-electron chi connectivity index (χ2n) is 9.16. The van der Waals surface area contributed by atoms with Gasteiger partial charge in [0, 0.05) is 23.8 Å². The minimum atomic E-state index is -1.10. The van der Waals surface area contributed by atoms with E-state index in [9.17, 15) is 19.5 Å². The predicted molar refractivity (Wildman–Crippen MR) is 139 cm³/mol. The summed E-state index contributed by atoms with van der Waals surface area (Å²) in [6.07, 6.45) is 3.60. The number of piperidine rings is 1. The highest BCUT2D eigenvalue weighted by Gasteiger charge is 2.25. The number of carboxylic acid groups (broad SMARTS) is 1. The van der Waals surface area contributed by atoms with Crippen LogP contribution >= 0.6 is 11.6 Å². The Kier molecular flexibility index (Phi) is 7.79. The Balaban J connectivity index is 1.80. The highest BCUT2D eigenvalue weighted by molar-refractivity contribution is 6.30. The first-order valence-corrected chi connectivity index (χ1v) is 12.4. The lowest BCUT2D eigenvalue weighted by Gasteiger charge is -2.28. The molecule has 9 nitrogen and oxygen atoms in total. The quantitative estimate of drug-likeness (QED) is 0.503. The van der Waals surface area contributed by atoms with Gasteiger partial charge in [-0.2, -0.15) is 0 Å². The molecule has 1 aromatic heterocycles. The second kappa shape index (κ2) is 11.0. The number of aromatic nitrogens is 3. The van der Waals surface area contributed by atoms with Crippen molar-refractivity contribution in [1.29, 1.82) is 0 Å². The lowest BCUT2D eigenvalue weighted by Crippen LogP contribution is -2.52. The van der Waals surface area contributed by atoms with Crippen molar-refractivity contribution in [2.75, 3.05) is 18.0 Å². The molecule has 1 fully saturated rings. The Morgan fingerprint density at radius 3 is 2.28 bits per heavy atom. The van der Waals surface area contributed by atoms with Gasteiger partial charge in [-0.15, -0.1) is 0 Å². The number of carboxylic acids is 1. The van der Waals surface area contributed by atoms with E-state index in [2.05, 4.69) is 14.9 Å². The molecule has 4 rings (SSSR count). The number of nitrogens with one attached hydrogen (secondary N) is 1. The van der Waals surface area contributed by atoms with Crippen molar-refractivity contribution in [3.63, 3.8) is 0 Å². The van der Waals surface area contributed by atoms with Gasteiger partial charge >= 0.3 is 17.3 Å². The zero-order valence-corrected chi connectivity index (χ0v) is 21.1. The van der Waals surface area contributed by atoms with Gasteiger partial charge in [0.15, 0.2) is 0 Å². The SMILES string of the molecule is C[C@H](C(=O)O)[C@@H](C)n1c(=O)[nH]/c(=N\c2ccc(N3CCCCC3)cc2)n(Cc2ccc(Cl)cc2)c1=O. The van der Waals surface area contributed by atoms with Crippen LogP contribution in [0.3, 0.4) is 0 Å². The number of carbonyl (C=O) groups is 1. The van der Waals surface area contributed by atoms with E-state index in [1.807, 2.05) is 24.3 Å². The predicted octanol–water partition coefficient (Wildman–Crippen LogP) is 3.54. The Bertz CT molecular complexity index is 1400. The Morgan fingerprint density at radius 2 is 1.67 bits per heavy atom. The monoisotopic (exact) mass is 511 g/mol. The number of aliphatic carboxylic acids is 1. The summed E-state index contributed by atoms with van der Waals surface area (Å²) in [7, 11) is 0. The molecule has 1 aliphatic rings. The van der Waals surface area contributed by atoms with E-state index in [1.165, 1.54) is 37.7 Å². The molecule has 0 aliphatic carbocycles. The third-order valence-electron chi connectivity index (χ3n) is 6.71. The maximum absolute atomic E-state index is 13.5. The molecule has 36 heavy (non-hydrogen) atoms. The fourth-order valence-electron chi connectivity index (χ4n) is 4.34. The van der Waals surface area contributed by atoms with Crippen LogP contribution in [0.1, 0.15) is 44.7 Å². The van der Waals surface area contributed by atoms with Gasteiger partial charge in [0.25, 0.3) is 0 Å². The number of halogens is 1. The Morgan fingerprint density at radius 1 is 1.03 bits per heavy atom. The molecular weight excluding hydrogens is 482 g/mol. The van der Waals surface area contributed by atoms with Crippen molar-refractivity contribution in [3.05, 3.63) is 85.7 Å². The van der Waals surface area contributed by atoms with E-state index in [1.54, 1.807) is 24.3 Å². The van der Waals surface area contributed by atoms with Gasteiger partial charge < -0.3 is 10.0 Å². The van der Waals surface area contributed by atoms with Gasteiger partial charge in [0.1, 0.15) is 0 Å². The summed E-state index contributed by atoms with van der Waals surface area (Å²) in [4.78, 5) is 47.6. The molecule has 1 saturated heterocycles. The van der Waals surface area contributed by atoms with Crippen molar-refractivity contribution in [2.45, 2.75) is 45.7 Å². The fraction of sp³-hybridized carbons (Fsp3) is 0.385. The molecule has 0 unspecified atom stereocenters. The summed E-state index contributed by atoms with van der Waals surface area (Å²) >= 11 is 6.01. The van der Waals surface area contributed by atoms with Crippen LogP contribution in [-0.2, 0) is 11.3 Å². The third-order valence-corrected chi connectivity index (χ3v) is 6.96.